The van der Waals surface area contributed by atoms with Crippen LogP contribution in [0.3, 0.4) is 0 Å². The minimum atomic E-state index is -0.177. The van der Waals surface area contributed by atoms with Gasteiger partial charge >= 0.3 is 0 Å². The standard InChI is InChI=1S/C21H21N3O2/c1-2-13-22-20-15-16(12-14-23-20)21(25)24-17-8-10-19(11-9-17)26-18-6-4-3-5-7-18/h3-12,14-15H,2,13H2,1H3,(H,22,23)(H,24,25). The van der Waals surface area contributed by atoms with Crippen molar-refractivity contribution in [1.29, 1.82) is 0 Å². The predicted molar refractivity (Wildman–Crippen MR) is 104 cm³/mol. The number of carbonyl (C=O) groups is 1. The van der Waals surface area contributed by atoms with Crippen molar-refractivity contribution in [2.75, 3.05) is 17.2 Å². The Kier molecular flexibility index (Phi) is 5.83. The summed E-state index contributed by atoms with van der Waals surface area (Å²) in [4.78, 5) is 16.6. The van der Waals surface area contributed by atoms with Crippen molar-refractivity contribution in [2.45, 2.75) is 13.3 Å². The van der Waals surface area contributed by atoms with Crippen molar-refractivity contribution in [1.82, 2.24) is 4.98 Å². The summed E-state index contributed by atoms with van der Waals surface area (Å²) in [5, 5.41) is 6.06. The number of nitrogens with one attached hydrogen (secondary N) is 2. The Bertz CT molecular complexity index is 849. The van der Waals surface area contributed by atoms with Crippen LogP contribution < -0.4 is 15.4 Å². The molecule has 3 rings (SSSR count). The maximum atomic E-state index is 12.4. The van der Waals surface area contributed by atoms with Gasteiger partial charge in [0.25, 0.3) is 5.91 Å². The van der Waals surface area contributed by atoms with Gasteiger partial charge in [0, 0.05) is 24.0 Å². The Morgan fingerprint density at radius 2 is 1.73 bits per heavy atom. The summed E-state index contributed by atoms with van der Waals surface area (Å²) >= 11 is 0. The highest BCUT2D eigenvalue weighted by Crippen LogP contribution is 2.23. The van der Waals surface area contributed by atoms with Gasteiger partial charge in [-0.2, -0.15) is 0 Å². The second-order valence-corrected chi connectivity index (χ2v) is 5.75. The summed E-state index contributed by atoms with van der Waals surface area (Å²) < 4.78 is 5.75. The fraction of sp³-hybridized carbons (Fsp3) is 0.143. The molecular formula is C21H21N3O2. The lowest BCUT2D eigenvalue weighted by Gasteiger charge is -2.09. The van der Waals surface area contributed by atoms with Crippen molar-refractivity contribution in [3.63, 3.8) is 0 Å². The highest BCUT2D eigenvalue weighted by molar-refractivity contribution is 6.04. The van der Waals surface area contributed by atoms with E-state index >= 15 is 0 Å². The summed E-state index contributed by atoms with van der Waals surface area (Å²) in [6.07, 6.45) is 2.62. The second kappa shape index (κ2) is 8.67. The van der Waals surface area contributed by atoms with Gasteiger partial charge in [-0.25, -0.2) is 4.98 Å². The lowest BCUT2D eigenvalue weighted by Crippen LogP contribution is -2.13. The number of hydrogen-bond acceptors (Lipinski definition) is 4. The van der Waals surface area contributed by atoms with Crippen LogP contribution in [-0.4, -0.2) is 17.4 Å². The maximum Gasteiger partial charge on any atom is 0.255 e. The van der Waals surface area contributed by atoms with E-state index in [4.69, 9.17) is 4.74 Å². The predicted octanol–water partition coefficient (Wildman–Crippen LogP) is 4.95. The molecule has 0 spiro atoms. The topological polar surface area (TPSA) is 63.2 Å². The summed E-state index contributed by atoms with van der Waals surface area (Å²) in [5.41, 5.74) is 1.26. The van der Waals surface area contributed by atoms with Crippen LogP contribution in [-0.2, 0) is 0 Å². The van der Waals surface area contributed by atoms with E-state index in [-0.39, 0.29) is 5.91 Å². The number of pyridine rings is 1. The van der Waals surface area contributed by atoms with Crippen molar-refractivity contribution < 1.29 is 9.53 Å². The van der Waals surface area contributed by atoms with Gasteiger partial charge in [-0.15, -0.1) is 0 Å². The molecule has 0 radical (unpaired) electrons. The van der Waals surface area contributed by atoms with Crippen LogP contribution in [0.15, 0.2) is 72.9 Å². The van der Waals surface area contributed by atoms with E-state index in [1.807, 2.05) is 54.6 Å². The third-order valence-electron chi connectivity index (χ3n) is 3.67. The molecule has 3 aromatic rings. The molecule has 0 unspecified atom stereocenters. The van der Waals surface area contributed by atoms with Crippen LogP contribution >= 0.6 is 0 Å². The molecule has 2 N–H and O–H groups in total. The molecule has 1 amide bonds. The molecule has 0 atom stereocenters. The molecule has 0 bridgehead atoms. The van der Waals surface area contributed by atoms with Gasteiger partial charge < -0.3 is 15.4 Å². The van der Waals surface area contributed by atoms with Crippen LogP contribution in [0.5, 0.6) is 11.5 Å². The molecule has 132 valence electrons. The van der Waals surface area contributed by atoms with Gasteiger partial charge in [0.15, 0.2) is 0 Å². The third kappa shape index (κ3) is 4.83. The maximum absolute atomic E-state index is 12.4. The molecule has 1 aromatic heterocycles. The van der Waals surface area contributed by atoms with E-state index in [2.05, 4.69) is 22.5 Å². The summed E-state index contributed by atoms with van der Waals surface area (Å²) in [7, 11) is 0. The minimum Gasteiger partial charge on any atom is -0.457 e. The summed E-state index contributed by atoms with van der Waals surface area (Å²) in [6.45, 7) is 2.90. The van der Waals surface area contributed by atoms with Crippen LogP contribution in [0.1, 0.15) is 23.7 Å². The number of rotatable bonds is 7. The van der Waals surface area contributed by atoms with Gasteiger partial charge in [0.05, 0.1) is 0 Å². The highest BCUT2D eigenvalue weighted by atomic mass is 16.5. The lowest BCUT2D eigenvalue weighted by molar-refractivity contribution is 0.102. The number of benzene rings is 2. The largest absolute Gasteiger partial charge is 0.457 e. The van der Waals surface area contributed by atoms with Gasteiger partial charge in [-0.05, 0) is 55.0 Å². The highest BCUT2D eigenvalue weighted by Gasteiger charge is 2.08. The zero-order valence-electron chi connectivity index (χ0n) is 14.6. The van der Waals surface area contributed by atoms with Gasteiger partial charge in [-0.1, -0.05) is 25.1 Å². The van der Waals surface area contributed by atoms with E-state index in [9.17, 15) is 4.79 Å². The second-order valence-electron chi connectivity index (χ2n) is 5.75. The third-order valence-corrected chi connectivity index (χ3v) is 3.67. The fourth-order valence-electron chi connectivity index (χ4n) is 2.36. The Morgan fingerprint density at radius 3 is 2.46 bits per heavy atom. The molecule has 0 saturated carbocycles. The smallest absolute Gasteiger partial charge is 0.255 e. The number of anilines is 2. The molecule has 2 aromatic carbocycles. The number of amides is 1. The SMILES string of the molecule is CCCNc1cc(C(=O)Nc2ccc(Oc3ccccc3)cc2)ccn1. The van der Waals surface area contributed by atoms with E-state index in [1.165, 1.54) is 0 Å². The van der Waals surface area contributed by atoms with Gasteiger partial charge in [0.2, 0.25) is 0 Å². The van der Waals surface area contributed by atoms with Crippen LogP contribution in [0.2, 0.25) is 0 Å². The molecule has 5 heteroatoms. The normalized spacial score (nSPS) is 10.2. The Morgan fingerprint density at radius 1 is 1.00 bits per heavy atom. The van der Waals surface area contributed by atoms with Crippen LogP contribution in [0.4, 0.5) is 11.5 Å². The van der Waals surface area contributed by atoms with E-state index in [0.29, 0.717) is 22.8 Å². The molecule has 0 saturated heterocycles. The number of hydrogen-bond donors (Lipinski definition) is 2. The van der Waals surface area contributed by atoms with Crippen molar-refractivity contribution in [3.8, 4) is 11.5 Å². The molecule has 26 heavy (non-hydrogen) atoms. The van der Waals surface area contributed by atoms with E-state index in [1.54, 1.807) is 18.3 Å². The van der Waals surface area contributed by atoms with Crippen molar-refractivity contribution in [3.05, 3.63) is 78.5 Å². The molecule has 0 aliphatic rings. The zero-order valence-corrected chi connectivity index (χ0v) is 14.6. The Balaban J connectivity index is 1.62. The van der Waals surface area contributed by atoms with Crippen LogP contribution in [0.25, 0.3) is 0 Å². The Hall–Kier alpha value is -3.34. The molecule has 1 heterocycles. The average molecular weight is 347 g/mol. The number of nitrogens with zero attached hydrogens (tertiary/aromatic N) is 1. The monoisotopic (exact) mass is 347 g/mol. The minimum absolute atomic E-state index is 0.177. The molecule has 0 aliphatic heterocycles. The molecule has 0 aliphatic carbocycles. The first-order valence-corrected chi connectivity index (χ1v) is 8.59. The molecule has 0 fully saturated rings. The lowest BCUT2D eigenvalue weighted by atomic mass is 10.2. The van der Waals surface area contributed by atoms with Crippen molar-refractivity contribution in [2.24, 2.45) is 0 Å². The summed E-state index contributed by atoms with van der Waals surface area (Å²) in [5.74, 6) is 2.01. The number of para-hydroxylation sites is 1. The number of aromatic nitrogens is 1. The Labute approximate surface area is 153 Å². The quantitative estimate of drug-likeness (QED) is 0.635. The number of ether oxygens (including phenoxy) is 1. The van der Waals surface area contributed by atoms with E-state index in [0.717, 1.165) is 18.7 Å². The molecule has 5 nitrogen and oxygen atoms in total. The van der Waals surface area contributed by atoms with Crippen LogP contribution in [0, 0.1) is 0 Å². The first kappa shape index (κ1) is 17.5. The first-order chi connectivity index (χ1) is 12.7. The fourth-order valence-corrected chi connectivity index (χ4v) is 2.36. The van der Waals surface area contributed by atoms with Crippen molar-refractivity contribution >= 4 is 17.4 Å². The van der Waals surface area contributed by atoms with E-state index < -0.39 is 0 Å². The van der Waals surface area contributed by atoms with Gasteiger partial charge in [-0.3, -0.25) is 4.79 Å². The zero-order chi connectivity index (χ0) is 18.2. The average Bonchev–Trinajstić information content (AvgIpc) is 2.69. The first-order valence-electron chi connectivity index (χ1n) is 8.59. The van der Waals surface area contributed by atoms with Gasteiger partial charge in [0.1, 0.15) is 17.3 Å². The molecular weight excluding hydrogens is 326 g/mol. The number of carbonyl (C=O) groups excluding carboxylic acids is 1. The summed E-state index contributed by atoms with van der Waals surface area (Å²) in [6, 6.07) is 20.3.